The van der Waals surface area contributed by atoms with E-state index in [1.807, 2.05) is 6.07 Å². The Morgan fingerprint density at radius 2 is 2.07 bits per heavy atom. The van der Waals surface area contributed by atoms with Gasteiger partial charge in [0, 0.05) is 49.7 Å². The molecule has 162 valence electrons. The van der Waals surface area contributed by atoms with Crippen LogP contribution in [0.25, 0.3) is 0 Å². The van der Waals surface area contributed by atoms with E-state index in [4.69, 9.17) is 5.73 Å². The summed E-state index contributed by atoms with van der Waals surface area (Å²) >= 11 is 1.66. The summed E-state index contributed by atoms with van der Waals surface area (Å²) in [5, 5.41) is 9.85. The number of amides is 1. The zero-order valence-electron chi connectivity index (χ0n) is 17.9. The van der Waals surface area contributed by atoms with Crippen LogP contribution in [0, 0.1) is 5.92 Å². The SMILES string of the molecule is CN=C(NCc1nc(C(C)C)cs1)NCc1cccnc1N1CCC(C(N)=O)CC1. The molecule has 1 amide bonds. The van der Waals surface area contributed by atoms with E-state index in [0.29, 0.717) is 19.0 Å². The molecule has 0 saturated carbocycles. The van der Waals surface area contributed by atoms with Crippen molar-refractivity contribution in [3.8, 4) is 0 Å². The Balaban J connectivity index is 1.56. The molecule has 0 spiro atoms. The van der Waals surface area contributed by atoms with Crippen LogP contribution in [0.3, 0.4) is 0 Å². The molecule has 3 rings (SSSR count). The van der Waals surface area contributed by atoms with E-state index < -0.39 is 0 Å². The number of aliphatic imine (C=N–C) groups is 1. The molecule has 0 aromatic carbocycles. The maximum absolute atomic E-state index is 11.4. The lowest BCUT2D eigenvalue weighted by molar-refractivity contribution is -0.122. The van der Waals surface area contributed by atoms with Gasteiger partial charge in [-0.3, -0.25) is 9.79 Å². The highest BCUT2D eigenvalue weighted by Gasteiger charge is 2.25. The number of piperidine rings is 1. The molecule has 0 bridgehead atoms. The molecule has 0 atom stereocenters. The van der Waals surface area contributed by atoms with E-state index in [0.717, 1.165) is 54.0 Å². The van der Waals surface area contributed by atoms with Gasteiger partial charge in [-0.25, -0.2) is 9.97 Å². The number of primary amides is 1. The summed E-state index contributed by atoms with van der Waals surface area (Å²) in [5.41, 5.74) is 7.67. The summed E-state index contributed by atoms with van der Waals surface area (Å²) in [6.45, 7) is 7.11. The van der Waals surface area contributed by atoms with Gasteiger partial charge in [0.1, 0.15) is 10.8 Å². The fraction of sp³-hybridized carbons (Fsp3) is 0.524. The van der Waals surface area contributed by atoms with Crippen molar-refractivity contribution in [2.75, 3.05) is 25.0 Å². The van der Waals surface area contributed by atoms with Crippen LogP contribution in [0.15, 0.2) is 28.7 Å². The summed E-state index contributed by atoms with van der Waals surface area (Å²) < 4.78 is 0. The minimum Gasteiger partial charge on any atom is -0.369 e. The number of anilines is 1. The number of nitrogens with two attached hydrogens (primary N) is 1. The monoisotopic (exact) mass is 429 g/mol. The molecule has 4 N–H and O–H groups in total. The van der Waals surface area contributed by atoms with Crippen LogP contribution >= 0.6 is 11.3 Å². The summed E-state index contributed by atoms with van der Waals surface area (Å²) in [5.74, 6) is 1.87. The number of carbonyl (C=O) groups is 1. The van der Waals surface area contributed by atoms with Gasteiger partial charge in [-0.2, -0.15) is 0 Å². The van der Waals surface area contributed by atoms with Crippen molar-refractivity contribution in [1.82, 2.24) is 20.6 Å². The van der Waals surface area contributed by atoms with E-state index in [2.05, 4.69) is 55.8 Å². The second-order valence-electron chi connectivity index (χ2n) is 7.75. The molecular weight excluding hydrogens is 398 g/mol. The minimum atomic E-state index is -0.201. The topological polar surface area (TPSA) is 109 Å². The Labute approximate surface area is 182 Å². The van der Waals surface area contributed by atoms with E-state index >= 15 is 0 Å². The number of nitrogens with zero attached hydrogens (tertiary/aromatic N) is 4. The summed E-state index contributed by atoms with van der Waals surface area (Å²) in [4.78, 5) is 27.2. The molecule has 30 heavy (non-hydrogen) atoms. The molecule has 9 heteroatoms. The largest absolute Gasteiger partial charge is 0.369 e. The average Bonchev–Trinajstić information content (AvgIpc) is 3.24. The number of thiazole rings is 1. The molecule has 1 fully saturated rings. The summed E-state index contributed by atoms with van der Waals surface area (Å²) in [6, 6.07) is 4.01. The van der Waals surface area contributed by atoms with Crippen LogP contribution in [0.5, 0.6) is 0 Å². The molecule has 1 aliphatic heterocycles. The molecule has 0 radical (unpaired) electrons. The zero-order valence-corrected chi connectivity index (χ0v) is 18.7. The Morgan fingerprint density at radius 3 is 2.70 bits per heavy atom. The third-order valence-electron chi connectivity index (χ3n) is 5.30. The van der Waals surface area contributed by atoms with Crippen molar-refractivity contribution in [2.24, 2.45) is 16.6 Å². The van der Waals surface area contributed by atoms with Crippen LogP contribution < -0.4 is 21.3 Å². The molecule has 3 heterocycles. The van der Waals surface area contributed by atoms with Crippen LogP contribution in [0.1, 0.15) is 48.9 Å². The Bertz CT molecular complexity index is 872. The first kappa shape index (κ1) is 22.0. The van der Waals surface area contributed by atoms with E-state index in [1.165, 1.54) is 0 Å². The Morgan fingerprint density at radius 1 is 1.33 bits per heavy atom. The molecule has 1 aliphatic rings. The molecule has 1 saturated heterocycles. The van der Waals surface area contributed by atoms with Gasteiger partial charge in [0.05, 0.1) is 12.2 Å². The first-order valence-electron chi connectivity index (χ1n) is 10.3. The lowest BCUT2D eigenvalue weighted by atomic mass is 9.96. The third-order valence-corrected chi connectivity index (χ3v) is 6.17. The predicted octanol–water partition coefficient (Wildman–Crippen LogP) is 2.23. The van der Waals surface area contributed by atoms with E-state index in [9.17, 15) is 4.79 Å². The number of nitrogens with one attached hydrogen (secondary N) is 2. The van der Waals surface area contributed by atoms with E-state index in [-0.39, 0.29) is 11.8 Å². The maximum atomic E-state index is 11.4. The summed E-state index contributed by atoms with van der Waals surface area (Å²) in [7, 11) is 1.76. The van der Waals surface area contributed by atoms with Crippen molar-refractivity contribution in [1.29, 1.82) is 0 Å². The van der Waals surface area contributed by atoms with Crippen molar-refractivity contribution < 1.29 is 4.79 Å². The van der Waals surface area contributed by atoms with Crippen molar-refractivity contribution in [2.45, 2.75) is 45.7 Å². The number of hydrogen-bond acceptors (Lipinski definition) is 6. The summed E-state index contributed by atoms with van der Waals surface area (Å²) in [6.07, 6.45) is 3.35. The number of guanidine groups is 1. The standard InChI is InChI=1S/C21H31N7OS/c1-14(2)17-13-30-18(27-17)12-26-21(23-3)25-11-16-5-4-8-24-20(16)28-9-6-15(7-10-28)19(22)29/h4-5,8,13-15H,6-7,9-12H2,1-3H3,(H2,22,29)(H2,23,25,26). The van der Waals surface area contributed by atoms with E-state index in [1.54, 1.807) is 24.6 Å². The predicted molar refractivity (Wildman–Crippen MR) is 122 cm³/mol. The van der Waals surface area contributed by atoms with Gasteiger partial charge < -0.3 is 21.3 Å². The van der Waals surface area contributed by atoms with Crippen molar-refractivity contribution >= 4 is 29.0 Å². The zero-order chi connectivity index (χ0) is 21.5. The smallest absolute Gasteiger partial charge is 0.220 e. The van der Waals surface area contributed by atoms with Crippen molar-refractivity contribution in [3.63, 3.8) is 0 Å². The molecule has 8 nitrogen and oxygen atoms in total. The van der Waals surface area contributed by atoms with Gasteiger partial charge in [-0.1, -0.05) is 19.9 Å². The maximum Gasteiger partial charge on any atom is 0.220 e. The van der Waals surface area contributed by atoms with Gasteiger partial charge in [0.15, 0.2) is 5.96 Å². The Kier molecular flexibility index (Phi) is 7.62. The molecule has 0 aliphatic carbocycles. The van der Waals surface area contributed by atoms with Crippen LogP contribution in [-0.2, 0) is 17.9 Å². The van der Waals surface area contributed by atoms with Crippen LogP contribution in [-0.4, -0.2) is 42.0 Å². The fourth-order valence-corrected chi connectivity index (χ4v) is 4.35. The van der Waals surface area contributed by atoms with Gasteiger partial charge in [0.25, 0.3) is 0 Å². The highest BCUT2D eigenvalue weighted by Crippen LogP contribution is 2.24. The lowest BCUT2D eigenvalue weighted by Crippen LogP contribution is -2.40. The number of carbonyl (C=O) groups excluding carboxylic acids is 1. The van der Waals surface area contributed by atoms with Gasteiger partial charge in [-0.05, 0) is 24.8 Å². The second kappa shape index (κ2) is 10.4. The number of hydrogen-bond donors (Lipinski definition) is 3. The van der Waals surface area contributed by atoms with Crippen LogP contribution in [0.2, 0.25) is 0 Å². The highest BCUT2D eigenvalue weighted by atomic mass is 32.1. The molecule has 2 aromatic heterocycles. The molecular formula is C21H31N7OS. The first-order valence-corrected chi connectivity index (χ1v) is 11.2. The normalized spacial score (nSPS) is 15.5. The molecule has 2 aromatic rings. The molecule has 0 unspecified atom stereocenters. The van der Waals surface area contributed by atoms with Gasteiger partial charge in [-0.15, -0.1) is 11.3 Å². The van der Waals surface area contributed by atoms with Gasteiger partial charge >= 0.3 is 0 Å². The number of rotatable bonds is 7. The van der Waals surface area contributed by atoms with Gasteiger partial charge in [0.2, 0.25) is 5.91 Å². The quantitative estimate of drug-likeness (QED) is 0.460. The highest BCUT2D eigenvalue weighted by molar-refractivity contribution is 7.09. The average molecular weight is 430 g/mol. The fourth-order valence-electron chi connectivity index (χ4n) is 3.46. The van der Waals surface area contributed by atoms with Crippen LogP contribution in [0.4, 0.5) is 5.82 Å². The minimum absolute atomic E-state index is 0.0309. The third kappa shape index (κ3) is 5.69. The number of pyridine rings is 1. The lowest BCUT2D eigenvalue weighted by Gasteiger charge is -2.32. The Hall–Kier alpha value is -2.68. The van der Waals surface area contributed by atoms with Crippen molar-refractivity contribution in [3.05, 3.63) is 40.0 Å². The first-order chi connectivity index (χ1) is 14.5. The second-order valence-corrected chi connectivity index (χ2v) is 8.69. The number of aromatic nitrogens is 2.